The van der Waals surface area contributed by atoms with Gasteiger partial charge in [0.05, 0.1) is 4.90 Å². The van der Waals surface area contributed by atoms with Crippen LogP contribution in [0, 0.1) is 5.82 Å². The predicted octanol–water partition coefficient (Wildman–Crippen LogP) is 2.34. The molecule has 2 aromatic carbocycles. The maximum Gasteiger partial charge on any atom is 0.244 e. The Morgan fingerprint density at radius 3 is 2.54 bits per heavy atom. The van der Waals surface area contributed by atoms with Crippen LogP contribution >= 0.6 is 11.6 Å². The Hall–Kier alpha value is -1.96. The summed E-state index contributed by atoms with van der Waals surface area (Å²) in [7, 11) is -3.93. The summed E-state index contributed by atoms with van der Waals surface area (Å²) in [6.07, 6.45) is 0. The topological polar surface area (TPSA) is 66.5 Å². The van der Waals surface area contributed by atoms with Crippen molar-refractivity contribution in [2.45, 2.75) is 10.9 Å². The summed E-state index contributed by atoms with van der Waals surface area (Å²) >= 11 is 5.89. The first-order valence-electron chi connectivity index (χ1n) is 7.20. The monoisotopic (exact) mass is 368 g/mol. The molecule has 1 unspecified atom stereocenters. The van der Waals surface area contributed by atoms with E-state index < -0.39 is 27.8 Å². The van der Waals surface area contributed by atoms with Crippen LogP contribution in [0.25, 0.3) is 0 Å². The zero-order chi connectivity index (χ0) is 17.3. The van der Waals surface area contributed by atoms with E-state index in [0.717, 1.165) is 4.31 Å². The van der Waals surface area contributed by atoms with Gasteiger partial charge in [-0.1, -0.05) is 29.8 Å². The molecule has 0 aromatic heterocycles. The van der Waals surface area contributed by atoms with Gasteiger partial charge in [0.15, 0.2) is 0 Å². The van der Waals surface area contributed by atoms with Crippen molar-refractivity contribution in [2.24, 2.45) is 0 Å². The van der Waals surface area contributed by atoms with E-state index >= 15 is 0 Å². The highest BCUT2D eigenvalue weighted by Gasteiger charge is 2.39. The minimum absolute atomic E-state index is 0.0109. The molecule has 126 valence electrons. The molecule has 0 bridgehead atoms. The van der Waals surface area contributed by atoms with Crippen molar-refractivity contribution in [1.82, 2.24) is 9.62 Å². The molecule has 1 fully saturated rings. The van der Waals surface area contributed by atoms with E-state index in [1.165, 1.54) is 42.5 Å². The Labute approximate surface area is 144 Å². The van der Waals surface area contributed by atoms with Crippen molar-refractivity contribution in [3.8, 4) is 0 Å². The highest BCUT2D eigenvalue weighted by Crippen LogP contribution is 2.30. The Kier molecular flexibility index (Phi) is 4.58. The number of piperazine rings is 1. The summed E-state index contributed by atoms with van der Waals surface area (Å²) < 4.78 is 40.2. The molecular weight excluding hydrogens is 355 g/mol. The third-order valence-electron chi connectivity index (χ3n) is 3.76. The van der Waals surface area contributed by atoms with Crippen LogP contribution in [-0.2, 0) is 14.8 Å². The molecule has 1 saturated heterocycles. The summed E-state index contributed by atoms with van der Waals surface area (Å²) in [6, 6.07) is 10.0. The van der Waals surface area contributed by atoms with Gasteiger partial charge in [-0.2, -0.15) is 4.31 Å². The van der Waals surface area contributed by atoms with Gasteiger partial charge in [-0.05, 0) is 35.9 Å². The van der Waals surface area contributed by atoms with Gasteiger partial charge in [0.25, 0.3) is 0 Å². The second-order valence-corrected chi connectivity index (χ2v) is 7.65. The Bertz CT molecular complexity index is 871. The largest absolute Gasteiger partial charge is 0.353 e. The van der Waals surface area contributed by atoms with Crippen molar-refractivity contribution < 1.29 is 17.6 Å². The second-order valence-electron chi connectivity index (χ2n) is 5.32. The standard InChI is InChI=1S/C16H14ClFN2O3S/c17-12-2-1-3-14(10-12)24(22,23)20-9-8-19-16(21)15(20)11-4-6-13(18)7-5-11/h1-7,10,15H,8-9H2,(H,19,21). The predicted molar refractivity (Wildman–Crippen MR) is 87.5 cm³/mol. The normalized spacial score (nSPS) is 19.1. The molecule has 1 heterocycles. The number of rotatable bonds is 3. The lowest BCUT2D eigenvalue weighted by atomic mass is 10.0. The number of hydrogen-bond donors (Lipinski definition) is 1. The quantitative estimate of drug-likeness (QED) is 0.904. The third kappa shape index (κ3) is 3.15. The number of amides is 1. The second kappa shape index (κ2) is 6.51. The fourth-order valence-electron chi connectivity index (χ4n) is 2.63. The highest BCUT2D eigenvalue weighted by molar-refractivity contribution is 7.89. The number of carbonyl (C=O) groups excluding carboxylic acids is 1. The van der Waals surface area contributed by atoms with Gasteiger partial charge < -0.3 is 5.32 Å². The molecule has 0 spiro atoms. The average molecular weight is 369 g/mol. The van der Waals surface area contributed by atoms with E-state index in [0.29, 0.717) is 5.56 Å². The first-order chi connectivity index (χ1) is 11.4. The molecule has 1 aliphatic rings. The molecule has 2 aromatic rings. The molecule has 0 saturated carbocycles. The van der Waals surface area contributed by atoms with E-state index in [-0.39, 0.29) is 23.0 Å². The van der Waals surface area contributed by atoms with Crippen LogP contribution in [0.3, 0.4) is 0 Å². The van der Waals surface area contributed by atoms with Crippen LogP contribution in [0.5, 0.6) is 0 Å². The minimum Gasteiger partial charge on any atom is -0.353 e. The number of nitrogens with one attached hydrogen (secondary N) is 1. The molecule has 24 heavy (non-hydrogen) atoms. The lowest BCUT2D eigenvalue weighted by molar-refractivity contribution is -0.126. The number of halogens is 2. The molecule has 1 aliphatic heterocycles. The van der Waals surface area contributed by atoms with Crippen LogP contribution in [0.2, 0.25) is 5.02 Å². The number of nitrogens with zero attached hydrogens (tertiary/aromatic N) is 1. The first-order valence-corrected chi connectivity index (χ1v) is 9.02. The maximum absolute atomic E-state index is 13.1. The number of benzene rings is 2. The van der Waals surface area contributed by atoms with E-state index in [1.807, 2.05) is 0 Å². The summed E-state index contributed by atoms with van der Waals surface area (Å²) in [5.74, 6) is -0.905. The fraction of sp³-hybridized carbons (Fsp3) is 0.188. The number of hydrogen-bond acceptors (Lipinski definition) is 3. The smallest absolute Gasteiger partial charge is 0.244 e. The van der Waals surface area contributed by atoms with Gasteiger partial charge in [0, 0.05) is 18.1 Å². The summed E-state index contributed by atoms with van der Waals surface area (Å²) in [4.78, 5) is 12.3. The van der Waals surface area contributed by atoms with Crippen molar-refractivity contribution in [2.75, 3.05) is 13.1 Å². The van der Waals surface area contributed by atoms with Gasteiger partial charge in [0.1, 0.15) is 11.9 Å². The SMILES string of the molecule is O=C1NCCN(S(=O)(=O)c2cccc(Cl)c2)C1c1ccc(F)cc1. The van der Waals surface area contributed by atoms with Crippen LogP contribution in [0.15, 0.2) is 53.4 Å². The van der Waals surface area contributed by atoms with Crippen molar-refractivity contribution in [1.29, 1.82) is 0 Å². The van der Waals surface area contributed by atoms with Crippen molar-refractivity contribution in [3.63, 3.8) is 0 Å². The van der Waals surface area contributed by atoms with E-state index in [1.54, 1.807) is 6.07 Å². The zero-order valence-electron chi connectivity index (χ0n) is 12.4. The zero-order valence-corrected chi connectivity index (χ0v) is 14.0. The molecule has 0 aliphatic carbocycles. The van der Waals surface area contributed by atoms with E-state index in [2.05, 4.69) is 5.32 Å². The average Bonchev–Trinajstić information content (AvgIpc) is 2.55. The van der Waals surface area contributed by atoms with E-state index in [9.17, 15) is 17.6 Å². The summed E-state index contributed by atoms with van der Waals surface area (Å²) in [5, 5.41) is 2.93. The molecule has 1 atom stereocenters. The van der Waals surface area contributed by atoms with Crippen LogP contribution < -0.4 is 5.32 Å². The lowest BCUT2D eigenvalue weighted by Gasteiger charge is -2.34. The van der Waals surface area contributed by atoms with Gasteiger partial charge in [-0.25, -0.2) is 12.8 Å². The Balaban J connectivity index is 2.06. The van der Waals surface area contributed by atoms with Gasteiger partial charge in [-0.3, -0.25) is 4.79 Å². The van der Waals surface area contributed by atoms with Crippen molar-refractivity contribution in [3.05, 3.63) is 64.9 Å². The third-order valence-corrected chi connectivity index (χ3v) is 5.85. The molecule has 8 heteroatoms. The van der Waals surface area contributed by atoms with Gasteiger partial charge in [0.2, 0.25) is 15.9 Å². The number of sulfonamides is 1. The molecule has 1 N–H and O–H groups in total. The fourth-order valence-corrected chi connectivity index (χ4v) is 4.51. The molecule has 5 nitrogen and oxygen atoms in total. The van der Waals surface area contributed by atoms with Crippen molar-refractivity contribution >= 4 is 27.5 Å². The number of carbonyl (C=O) groups is 1. The van der Waals surface area contributed by atoms with Crippen LogP contribution in [0.1, 0.15) is 11.6 Å². The lowest BCUT2D eigenvalue weighted by Crippen LogP contribution is -2.52. The van der Waals surface area contributed by atoms with Gasteiger partial charge >= 0.3 is 0 Å². The minimum atomic E-state index is -3.93. The molecule has 1 amide bonds. The van der Waals surface area contributed by atoms with Crippen LogP contribution in [-0.4, -0.2) is 31.7 Å². The molecular formula is C16H14ClFN2O3S. The maximum atomic E-state index is 13.1. The summed E-state index contributed by atoms with van der Waals surface area (Å²) in [5.41, 5.74) is 0.402. The Morgan fingerprint density at radius 1 is 1.17 bits per heavy atom. The molecule has 3 rings (SSSR count). The highest BCUT2D eigenvalue weighted by atomic mass is 35.5. The van der Waals surface area contributed by atoms with Crippen LogP contribution in [0.4, 0.5) is 4.39 Å². The molecule has 0 radical (unpaired) electrons. The Morgan fingerprint density at radius 2 is 1.88 bits per heavy atom. The first kappa shape index (κ1) is 16.9. The summed E-state index contributed by atoms with van der Waals surface area (Å²) in [6.45, 7) is 0.318. The van der Waals surface area contributed by atoms with Gasteiger partial charge in [-0.15, -0.1) is 0 Å². The van der Waals surface area contributed by atoms with E-state index in [4.69, 9.17) is 11.6 Å².